The van der Waals surface area contributed by atoms with Crippen LogP contribution in [0.25, 0.3) is 0 Å². The highest BCUT2D eigenvalue weighted by Gasteiger charge is 2.28. The van der Waals surface area contributed by atoms with Crippen molar-refractivity contribution < 1.29 is 9.53 Å². The summed E-state index contributed by atoms with van der Waals surface area (Å²) in [6.45, 7) is 3.93. The van der Waals surface area contributed by atoms with E-state index in [1.165, 1.54) is 12.8 Å². The molecule has 0 radical (unpaired) electrons. The second-order valence-electron chi connectivity index (χ2n) is 6.18. The molecule has 1 aliphatic heterocycles. The van der Waals surface area contributed by atoms with Crippen LogP contribution in [-0.4, -0.2) is 50.6 Å². The summed E-state index contributed by atoms with van der Waals surface area (Å²) >= 11 is 0. The molecule has 2 aliphatic rings. The molecular formula is C17H26ClN3O2. The summed E-state index contributed by atoms with van der Waals surface area (Å²) in [5.41, 5.74) is 1.15. The van der Waals surface area contributed by atoms with Crippen LogP contribution in [0.2, 0.25) is 0 Å². The number of hydrogen-bond acceptors (Lipinski definition) is 4. The van der Waals surface area contributed by atoms with E-state index >= 15 is 0 Å². The van der Waals surface area contributed by atoms with Gasteiger partial charge in [-0.2, -0.15) is 0 Å². The van der Waals surface area contributed by atoms with Gasteiger partial charge in [0.05, 0.1) is 19.7 Å². The van der Waals surface area contributed by atoms with Gasteiger partial charge in [-0.25, -0.2) is 0 Å². The van der Waals surface area contributed by atoms with Crippen molar-refractivity contribution in [3.63, 3.8) is 0 Å². The molecule has 2 N–H and O–H groups in total. The average molecular weight is 340 g/mol. The Morgan fingerprint density at radius 1 is 1.39 bits per heavy atom. The largest absolute Gasteiger partial charge is 0.496 e. The normalized spacial score (nSPS) is 21.3. The lowest BCUT2D eigenvalue weighted by atomic mass is 10.0. The van der Waals surface area contributed by atoms with Gasteiger partial charge in [0, 0.05) is 31.7 Å². The first-order valence-electron chi connectivity index (χ1n) is 8.12. The fourth-order valence-electron chi connectivity index (χ4n) is 3.00. The second kappa shape index (κ2) is 8.52. The number of carbonyl (C=O) groups is 1. The molecule has 1 aromatic carbocycles. The molecule has 0 bridgehead atoms. The Bertz CT molecular complexity index is 522. The minimum absolute atomic E-state index is 0. The summed E-state index contributed by atoms with van der Waals surface area (Å²) < 4.78 is 5.48. The van der Waals surface area contributed by atoms with E-state index in [-0.39, 0.29) is 24.4 Å². The smallest absolute Gasteiger partial charge is 0.234 e. The molecule has 1 heterocycles. The Labute approximate surface area is 144 Å². The maximum absolute atomic E-state index is 12.2. The standard InChI is InChI=1S/C17H25N3O2.ClH/c1-22-16-5-3-2-4-14(16)15-11-18-8-9-20(15)12-17(21)19-10-13-6-7-13;/h2-5,13,15,18H,6-12H2,1H3,(H,19,21);1H. The third-order valence-corrected chi connectivity index (χ3v) is 4.48. The van der Waals surface area contributed by atoms with Crippen LogP contribution in [0.1, 0.15) is 24.4 Å². The van der Waals surface area contributed by atoms with Crippen LogP contribution in [-0.2, 0) is 4.79 Å². The number of rotatable bonds is 6. The van der Waals surface area contributed by atoms with Crippen molar-refractivity contribution in [1.29, 1.82) is 0 Å². The van der Waals surface area contributed by atoms with Gasteiger partial charge < -0.3 is 15.4 Å². The summed E-state index contributed by atoms with van der Waals surface area (Å²) in [5.74, 6) is 1.74. The van der Waals surface area contributed by atoms with Gasteiger partial charge in [-0.15, -0.1) is 12.4 Å². The molecule has 1 amide bonds. The molecule has 2 fully saturated rings. The first-order chi connectivity index (χ1) is 10.8. The summed E-state index contributed by atoms with van der Waals surface area (Å²) in [5, 5.41) is 6.48. The Balaban J connectivity index is 0.00000192. The maximum atomic E-state index is 12.2. The van der Waals surface area contributed by atoms with Crippen molar-refractivity contribution in [3.05, 3.63) is 29.8 Å². The number of benzene rings is 1. The van der Waals surface area contributed by atoms with Crippen LogP contribution >= 0.6 is 12.4 Å². The van der Waals surface area contributed by atoms with E-state index < -0.39 is 0 Å². The van der Waals surface area contributed by atoms with Gasteiger partial charge >= 0.3 is 0 Å². The highest BCUT2D eigenvalue weighted by Crippen LogP contribution is 2.30. The van der Waals surface area contributed by atoms with E-state index in [0.29, 0.717) is 6.54 Å². The predicted octanol–water partition coefficient (Wildman–Crippen LogP) is 1.59. The van der Waals surface area contributed by atoms with Crippen LogP contribution in [0.3, 0.4) is 0 Å². The monoisotopic (exact) mass is 339 g/mol. The van der Waals surface area contributed by atoms with Crippen molar-refractivity contribution in [2.24, 2.45) is 5.92 Å². The van der Waals surface area contributed by atoms with Crippen LogP contribution in [0, 0.1) is 5.92 Å². The van der Waals surface area contributed by atoms with E-state index in [9.17, 15) is 4.79 Å². The molecule has 1 aromatic rings. The fraction of sp³-hybridized carbons (Fsp3) is 0.588. The Hall–Kier alpha value is -1.30. The Morgan fingerprint density at radius 2 is 2.17 bits per heavy atom. The molecule has 0 aromatic heterocycles. The molecule has 1 aliphatic carbocycles. The summed E-state index contributed by atoms with van der Waals surface area (Å²) in [4.78, 5) is 14.4. The molecular weight excluding hydrogens is 314 g/mol. The molecule has 23 heavy (non-hydrogen) atoms. The zero-order valence-electron chi connectivity index (χ0n) is 13.6. The average Bonchev–Trinajstić information content (AvgIpc) is 3.38. The number of hydrogen-bond donors (Lipinski definition) is 2. The van der Waals surface area contributed by atoms with Gasteiger partial charge in [0.25, 0.3) is 0 Å². The number of halogens is 1. The Kier molecular flexibility index (Phi) is 6.69. The molecule has 1 saturated carbocycles. The third-order valence-electron chi connectivity index (χ3n) is 4.48. The number of para-hydroxylation sites is 1. The lowest BCUT2D eigenvalue weighted by Crippen LogP contribution is -2.49. The lowest BCUT2D eigenvalue weighted by molar-refractivity contribution is -0.123. The SMILES string of the molecule is COc1ccccc1C1CNCCN1CC(=O)NCC1CC1.Cl. The highest BCUT2D eigenvalue weighted by molar-refractivity contribution is 5.85. The molecule has 0 spiro atoms. The summed E-state index contributed by atoms with van der Waals surface area (Å²) in [6.07, 6.45) is 2.52. The van der Waals surface area contributed by atoms with Crippen molar-refractivity contribution >= 4 is 18.3 Å². The van der Waals surface area contributed by atoms with E-state index in [1.807, 2.05) is 18.2 Å². The first kappa shape index (κ1) is 18.0. The zero-order valence-corrected chi connectivity index (χ0v) is 14.4. The number of piperazine rings is 1. The third kappa shape index (κ3) is 4.83. The Morgan fingerprint density at radius 3 is 2.91 bits per heavy atom. The van der Waals surface area contributed by atoms with Crippen LogP contribution in [0.5, 0.6) is 5.75 Å². The number of nitrogens with one attached hydrogen (secondary N) is 2. The molecule has 1 saturated heterocycles. The van der Waals surface area contributed by atoms with E-state index in [1.54, 1.807) is 7.11 Å². The maximum Gasteiger partial charge on any atom is 0.234 e. The van der Waals surface area contributed by atoms with Gasteiger partial charge in [-0.3, -0.25) is 9.69 Å². The first-order valence-corrected chi connectivity index (χ1v) is 8.12. The van der Waals surface area contributed by atoms with Crippen LogP contribution in [0.15, 0.2) is 24.3 Å². The second-order valence-corrected chi connectivity index (χ2v) is 6.18. The molecule has 5 nitrogen and oxygen atoms in total. The molecule has 1 unspecified atom stereocenters. The van der Waals surface area contributed by atoms with Gasteiger partial charge in [0.15, 0.2) is 0 Å². The minimum Gasteiger partial charge on any atom is -0.496 e. The molecule has 3 rings (SSSR count). The number of carbonyl (C=O) groups excluding carboxylic acids is 1. The number of amides is 1. The fourth-order valence-corrected chi connectivity index (χ4v) is 3.00. The van der Waals surface area contributed by atoms with Gasteiger partial charge in [-0.05, 0) is 24.8 Å². The van der Waals surface area contributed by atoms with Crippen LogP contribution < -0.4 is 15.4 Å². The quantitative estimate of drug-likeness (QED) is 0.826. The molecule has 128 valence electrons. The highest BCUT2D eigenvalue weighted by atomic mass is 35.5. The number of ether oxygens (including phenoxy) is 1. The lowest BCUT2D eigenvalue weighted by Gasteiger charge is -2.36. The number of nitrogens with zero attached hydrogens (tertiary/aromatic N) is 1. The molecule has 6 heteroatoms. The predicted molar refractivity (Wildman–Crippen MR) is 93.2 cm³/mol. The van der Waals surface area contributed by atoms with Gasteiger partial charge in [0.1, 0.15) is 5.75 Å². The van der Waals surface area contributed by atoms with Crippen molar-refractivity contribution in [2.75, 3.05) is 39.8 Å². The zero-order chi connectivity index (χ0) is 15.4. The summed E-state index contributed by atoms with van der Waals surface area (Å²) in [6, 6.07) is 8.25. The van der Waals surface area contributed by atoms with Crippen molar-refractivity contribution in [1.82, 2.24) is 15.5 Å². The van der Waals surface area contributed by atoms with E-state index in [4.69, 9.17) is 4.74 Å². The molecule has 1 atom stereocenters. The minimum atomic E-state index is 0. The van der Waals surface area contributed by atoms with Gasteiger partial charge in [0.2, 0.25) is 5.91 Å². The summed E-state index contributed by atoms with van der Waals surface area (Å²) in [7, 11) is 1.70. The van der Waals surface area contributed by atoms with E-state index in [0.717, 1.165) is 43.4 Å². The van der Waals surface area contributed by atoms with Gasteiger partial charge in [-0.1, -0.05) is 18.2 Å². The van der Waals surface area contributed by atoms with Crippen LogP contribution in [0.4, 0.5) is 0 Å². The number of methoxy groups -OCH3 is 1. The topological polar surface area (TPSA) is 53.6 Å². The van der Waals surface area contributed by atoms with E-state index in [2.05, 4.69) is 21.6 Å². The van der Waals surface area contributed by atoms with Crippen molar-refractivity contribution in [3.8, 4) is 5.75 Å². The van der Waals surface area contributed by atoms with Crippen molar-refractivity contribution in [2.45, 2.75) is 18.9 Å².